The van der Waals surface area contributed by atoms with Crippen LogP contribution in [0.4, 0.5) is 0 Å². The van der Waals surface area contributed by atoms with Crippen LogP contribution in [-0.2, 0) is 14.8 Å². The van der Waals surface area contributed by atoms with Crippen LogP contribution >= 0.6 is 0 Å². The molecule has 0 spiro atoms. The summed E-state index contributed by atoms with van der Waals surface area (Å²) in [7, 11) is -3.61. The second kappa shape index (κ2) is 8.29. The third-order valence-electron chi connectivity index (χ3n) is 5.77. The summed E-state index contributed by atoms with van der Waals surface area (Å²) in [6.45, 7) is 7.89. The van der Waals surface area contributed by atoms with Crippen LogP contribution in [0, 0.1) is 5.92 Å². The smallest absolute Gasteiger partial charge is 0.254 e. The summed E-state index contributed by atoms with van der Waals surface area (Å²) in [5, 5.41) is 0. The molecule has 1 heterocycles. The molecule has 2 atom stereocenters. The molecule has 2 unspecified atom stereocenters. The number of rotatable bonds is 7. The summed E-state index contributed by atoms with van der Waals surface area (Å²) < 4.78 is 32.5. The van der Waals surface area contributed by atoms with Crippen LogP contribution in [0.2, 0.25) is 0 Å². The summed E-state index contributed by atoms with van der Waals surface area (Å²) in [6.07, 6.45) is 3.06. The highest BCUT2D eigenvalue weighted by molar-refractivity contribution is 7.89. The molecule has 0 radical (unpaired) electrons. The van der Waals surface area contributed by atoms with Crippen molar-refractivity contribution in [3.8, 4) is 0 Å². The normalized spacial score (nSPS) is 20.9. The van der Waals surface area contributed by atoms with Gasteiger partial charge in [-0.1, -0.05) is 26.3 Å². The number of hydrogen-bond acceptors (Lipinski definition) is 4. The van der Waals surface area contributed by atoms with E-state index in [1.807, 2.05) is 4.90 Å². The number of nitrogens with zero attached hydrogens (tertiary/aromatic N) is 2. The number of hydrogen-bond donors (Lipinski definition) is 0. The number of amides is 1. The van der Waals surface area contributed by atoms with Gasteiger partial charge >= 0.3 is 0 Å². The van der Waals surface area contributed by atoms with Crippen molar-refractivity contribution < 1.29 is 17.9 Å². The molecular weight excluding hydrogens is 364 g/mol. The van der Waals surface area contributed by atoms with Gasteiger partial charge in [-0.25, -0.2) is 8.42 Å². The van der Waals surface area contributed by atoms with Crippen LogP contribution in [0.15, 0.2) is 29.2 Å². The molecule has 1 aliphatic carbocycles. The zero-order valence-corrected chi connectivity index (χ0v) is 17.2. The predicted molar refractivity (Wildman–Crippen MR) is 104 cm³/mol. The Morgan fingerprint density at radius 3 is 2.52 bits per heavy atom. The van der Waals surface area contributed by atoms with E-state index < -0.39 is 10.0 Å². The standard InChI is InChI=1S/C20H30N2O4S/c1-4-15(2)16(3)22(18-8-9-18)20(23)17-6-5-7-19(14-17)27(24,25)21-10-12-26-13-11-21/h5-7,14-16,18H,4,8-13H2,1-3H3. The number of benzene rings is 1. The van der Waals surface area contributed by atoms with Crippen molar-refractivity contribution in [3.05, 3.63) is 29.8 Å². The van der Waals surface area contributed by atoms with Gasteiger partial charge in [-0.3, -0.25) is 4.79 Å². The fourth-order valence-corrected chi connectivity index (χ4v) is 4.98. The first kappa shape index (κ1) is 20.3. The van der Waals surface area contributed by atoms with E-state index in [0.29, 0.717) is 37.8 Å². The fourth-order valence-electron chi connectivity index (χ4n) is 3.53. The van der Waals surface area contributed by atoms with E-state index >= 15 is 0 Å². The largest absolute Gasteiger partial charge is 0.379 e. The Balaban J connectivity index is 1.86. The first-order valence-electron chi connectivity index (χ1n) is 9.87. The van der Waals surface area contributed by atoms with E-state index in [2.05, 4.69) is 20.8 Å². The van der Waals surface area contributed by atoms with E-state index in [4.69, 9.17) is 4.74 Å². The van der Waals surface area contributed by atoms with Gasteiger partial charge in [0.05, 0.1) is 18.1 Å². The van der Waals surface area contributed by atoms with Crippen molar-refractivity contribution in [2.45, 2.75) is 57.0 Å². The van der Waals surface area contributed by atoms with Gasteiger partial charge in [0.2, 0.25) is 10.0 Å². The van der Waals surface area contributed by atoms with Gasteiger partial charge in [0, 0.05) is 30.7 Å². The Bertz CT molecular complexity index is 770. The van der Waals surface area contributed by atoms with Gasteiger partial charge in [-0.2, -0.15) is 4.31 Å². The van der Waals surface area contributed by atoms with E-state index in [0.717, 1.165) is 19.3 Å². The van der Waals surface area contributed by atoms with Crippen molar-refractivity contribution in [2.75, 3.05) is 26.3 Å². The maximum Gasteiger partial charge on any atom is 0.254 e. The summed E-state index contributed by atoms with van der Waals surface area (Å²) in [5.41, 5.74) is 0.450. The minimum Gasteiger partial charge on any atom is -0.379 e. The molecule has 0 N–H and O–H groups in total. The van der Waals surface area contributed by atoms with Gasteiger partial charge in [-0.15, -0.1) is 0 Å². The summed E-state index contributed by atoms with van der Waals surface area (Å²) in [5.74, 6) is 0.333. The molecule has 2 fully saturated rings. The molecule has 1 saturated heterocycles. The summed E-state index contributed by atoms with van der Waals surface area (Å²) in [4.78, 5) is 15.4. The van der Waals surface area contributed by atoms with Crippen LogP contribution in [0.1, 0.15) is 50.4 Å². The molecule has 6 nitrogen and oxygen atoms in total. The molecule has 150 valence electrons. The number of sulfonamides is 1. The lowest BCUT2D eigenvalue weighted by atomic mass is 9.98. The third kappa shape index (κ3) is 4.36. The van der Waals surface area contributed by atoms with Gasteiger partial charge in [0.25, 0.3) is 5.91 Å². The molecule has 2 aliphatic rings. The molecule has 3 rings (SSSR count). The number of morpholine rings is 1. The molecular formula is C20H30N2O4S. The number of carbonyl (C=O) groups excluding carboxylic acids is 1. The topological polar surface area (TPSA) is 66.9 Å². The Labute approximate surface area is 162 Å². The average Bonchev–Trinajstić information content (AvgIpc) is 3.53. The van der Waals surface area contributed by atoms with Gasteiger partial charge in [0.1, 0.15) is 0 Å². The van der Waals surface area contributed by atoms with E-state index in [1.54, 1.807) is 18.2 Å². The maximum atomic E-state index is 13.2. The van der Waals surface area contributed by atoms with Crippen LogP contribution in [0.3, 0.4) is 0 Å². The molecule has 1 aromatic carbocycles. The summed E-state index contributed by atoms with van der Waals surface area (Å²) in [6, 6.07) is 6.90. The Morgan fingerprint density at radius 1 is 1.26 bits per heavy atom. The molecule has 27 heavy (non-hydrogen) atoms. The van der Waals surface area contributed by atoms with Crippen molar-refractivity contribution in [1.82, 2.24) is 9.21 Å². The van der Waals surface area contributed by atoms with Crippen LogP contribution < -0.4 is 0 Å². The zero-order valence-electron chi connectivity index (χ0n) is 16.4. The van der Waals surface area contributed by atoms with Crippen LogP contribution in [-0.4, -0.2) is 61.9 Å². The molecule has 1 aliphatic heterocycles. The second-order valence-electron chi connectivity index (χ2n) is 7.61. The lowest BCUT2D eigenvalue weighted by molar-refractivity contribution is 0.0615. The fraction of sp³-hybridized carbons (Fsp3) is 0.650. The first-order valence-corrected chi connectivity index (χ1v) is 11.3. The molecule has 7 heteroatoms. The Morgan fingerprint density at radius 2 is 1.93 bits per heavy atom. The lowest BCUT2D eigenvalue weighted by Gasteiger charge is -2.33. The van der Waals surface area contributed by atoms with Crippen molar-refractivity contribution in [2.24, 2.45) is 5.92 Å². The summed E-state index contributed by atoms with van der Waals surface area (Å²) >= 11 is 0. The SMILES string of the molecule is CCC(C)C(C)N(C(=O)c1cccc(S(=O)(=O)N2CCOCC2)c1)C1CC1. The average molecular weight is 395 g/mol. The first-order chi connectivity index (χ1) is 12.9. The Hall–Kier alpha value is -1.44. The van der Waals surface area contributed by atoms with Gasteiger partial charge < -0.3 is 9.64 Å². The Kier molecular flexibility index (Phi) is 6.23. The lowest BCUT2D eigenvalue weighted by Crippen LogP contribution is -2.43. The highest BCUT2D eigenvalue weighted by Crippen LogP contribution is 2.33. The van der Waals surface area contributed by atoms with E-state index in [9.17, 15) is 13.2 Å². The molecule has 0 bridgehead atoms. The highest BCUT2D eigenvalue weighted by atomic mass is 32.2. The van der Waals surface area contributed by atoms with Crippen molar-refractivity contribution in [3.63, 3.8) is 0 Å². The molecule has 0 aromatic heterocycles. The van der Waals surface area contributed by atoms with E-state index in [1.165, 1.54) is 10.4 Å². The predicted octanol–water partition coefficient (Wildman–Crippen LogP) is 2.75. The van der Waals surface area contributed by atoms with Gasteiger partial charge in [0.15, 0.2) is 0 Å². The van der Waals surface area contributed by atoms with Crippen molar-refractivity contribution in [1.29, 1.82) is 0 Å². The maximum absolute atomic E-state index is 13.2. The van der Waals surface area contributed by atoms with Crippen LogP contribution in [0.5, 0.6) is 0 Å². The van der Waals surface area contributed by atoms with Gasteiger partial charge in [-0.05, 0) is 43.9 Å². The monoisotopic (exact) mass is 394 g/mol. The quantitative estimate of drug-likeness (QED) is 0.713. The molecule has 1 amide bonds. The van der Waals surface area contributed by atoms with E-state index in [-0.39, 0.29) is 22.9 Å². The minimum atomic E-state index is -3.61. The van der Waals surface area contributed by atoms with Crippen molar-refractivity contribution >= 4 is 15.9 Å². The highest BCUT2D eigenvalue weighted by Gasteiger charge is 2.38. The number of carbonyl (C=O) groups is 1. The minimum absolute atomic E-state index is 0.0654. The third-order valence-corrected chi connectivity index (χ3v) is 7.66. The molecule has 1 saturated carbocycles. The zero-order chi connectivity index (χ0) is 19.6. The molecule has 1 aromatic rings. The second-order valence-corrected chi connectivity index (χ2v) is 9.55. The number of ether oxygens (including phenoxy) is 1. The van der Waals surface area contributed by atoms with Crippen LogP contribution in [0.25, 0.3) is 0 Å².